The fourth-order valence-electron chi connectivity index (χ4n) is 4.74. The van der Waals surface area contributed by atoms with Crippen LogP contribution in [0.15, 0.2) is 11.6 Å². The topological polar surface area (TPSA) is 15.3 Å². The van der Waals surface area contributed by atoms with Crippen molar-refractivity contribution in [2.45, 2.75) is 75.3 Å². The molecule has 0 aromatic carbocycles. The van der Waals surface area contributed by atoms with Gasteiger partial charge in [-0.25, -0.2) is 0 Å². The Hall–Kier alpha value is -0.0500. The van der Waals surface area contributed by atoms with Crippen molar-refractivity contribution in [3.05, 3.63) is 11.6 Å². The third kappa shape index (κ3) is 2.93. The predicted molar refractivity (Wildman–Crippen MR) is 86.2 cm³/mol. The van der Waals surface area contributed by atoms with E-state index in [1.54, 1.807) is 5.54 Å². The molecule has 3 fully saturated rings. The molecule has 0 unspecified atom stereocenters. The van der Waals surface area contributed by atoms with Gasteiger partial charge in [-0.05, 0) is 25.7 Å². The molecular weight excluding hydrogens is 268 g/mol. The summed E-state index contributed by atoms with van der Waals surface area (Å²) in [5.74, 6) is 0. The normalized spacial score (nSPS) is 30.2. The van der Waals surface area contributed by atoms with Crippen LogP contribution in [0.5, 0.6) is 0 Å². The Labute approximate surface area is 128 Å². The van der Waals surface area contributed by atoms with Gasteiger partial charge in [0.2, 0.25) is 0 Å². The molecule has 2 aliphatic carbocycles. The van der Waals surface area contributed by atoms with Gasteiger partial charge in [-0.15, -0.1) is 0 Å². The summed E-state index contributed by atoms with van der Waals surface area (Å²) in [6, 6.07) is 0. The van der Waals surface area contributed by atoms with Crippen LogP contribution in [0.1, 0.15) is 64.2 Å². The average Bonchev–Trinajstić information content (AvgIpc) is 2.51. The maximum absolute atomic E-state index is 5.80. The monoisotopic (exact) mass is 296 g/mol. The molecule has 2 nitrogen and oxygen atoms in total. The van der Waals surface area contributed by atoms with Crippen molar-refractivity contribution in [2.75, 3.05) is 19.6 Å². The van der Waals surface area contributed by atoms with E-state index in [0.717, 1.165) is 6.54 Å². The molecule has 0 amide bonds. The minimum atomic E-state index is 0.404. The molecule has 1 heterocycles. The fraction of sp³-hybridized carbons (Fsp3) is 0.882. The first-order chi connectivity index (χ1) is 9.79. The largest absolute Gasteiger partial charge is 0.308 e. The van der Waals surface area contributed by atoms with Crippen molar-refractivity contribution >= 4 is 11.6 Å². The highest BCUT2D eigenvalue weighted by Gasteiger charge is 2.47. The van der Waals surface area contributed by atoms with Gasteiger partial charge in [-0.2, -0.15) is 0 Å². The Morgan fingerprint density at radius 2 is 1.60 bits per heavy atom. The molecule has 0 aromatic heterocycles. The van der Waals surface area contributed by atoms with Gasteiger partial charge in [0.15, 0.2) is 0 Å². The van der Waals surface area contributed by atoms with Crippen molar-refractivity contribution in [1.29, 1.82) is 0 Å². The van der Waals surface area contributed by atoms with E-state index >= 15 is 0 Å². The van der Waals surface area contributed by atoms with Gasteiger partial charge >= 0.3 is 0 Å². The van der Waals surface area contributed by atoms with E-state index < -0.39 is 0 Å². The molecule has 1 N–H and O–H groups in total. The molecule has 0 bridgehead atoms. The van der Waals surface area contributed by atoms with Gasteiger partial charge in [0.05, 0.1) is 0 Å². The molecule has 3 aliphatic rings. The quantitative estimate of drug-likeness (QED) is 0.827. The third-order valence-corrected chi connectivity index (χ3v) is 6.14. The van der Waals surface area contributed by atoms with Crippen molar-refractivity contribution < 1.29 is 0 Å². The standard InChI is InChI=1S/C17H29ClN2/c18-12-7-13-20-15-16(8-3-1-4-9-16)19-14-17(20)10-5-2-6-11-17/h7,12,19H,1-6,8-11,13-15H2/b12-7+. The van der Waals surface area contributed by atoms with Crippen molar-refractivity contribution in [3.8, 4) is 0 Å². The second-order valence-corrected chi connectivity index (χ2v) is 7.47. The highest BCUT2D eigenvalue weighted by Crippen LogP contribution is 2.40. The van der Waals surface area contributed by atoms with Crippen LogP contribution in [0, 0.1) is 0 Å². The summed E-state index contributed by atoms with van der Waals surface area (Å²) in [4.78, 5) is 2.77. The second-order valence-electron chi connectivity index (χ2n) is 7.22. The van der Waals surface area contributed by atoms with Crippen molar-refractivity contribution in [2.24, 2.45) is 0 Å². The first-order valence-electron chi connectivity index (χ1n) is 8.54. The predicted octanol–water partition coefficient (Wildman–Crippen LogP) is 4.05. The summed E-state index contributed by atoms with van der Waals surface area (Å²) in [5.41, 5.74) is 2.52. The second kappa shape index (κ2) is 6.37. The summed E-state index contributed by atoms with van der Waals surface area (Å²) >= 11 is 5.80. The first kappa shape index (κ1) is 14.9. The van der Waals surface area contributed by atoms with Crippen LogP contribution < -0.4 is 5.32 Å². The van der Waals surface area contributed by atoms with Crippen LogP contribution in [-0.2, 0) is 0 Å². The van der Waals surface area contributed by atoms with E-state index in [1.165, 1.54) is 77.3 Å². The Kier molecular flexibility index (Phi) is 4.74. The van der Waals surface area contributed by atoms with E-state index in [0.29, 0.717) is 11.1 Å². The molecule has 114 valence electrons. The molecule has 2 saturated carbocycles. The fourth-order valence-corrected chi connectivity index (χ4v) is 4.82. The summed E-state index contributed by atoms with van der Waals surface area (Å²) in [5, 5.41) is 4.00. The highest BCUT2D eigenvalue weighted by atomic mass is 35.5. The zero-order valence-electron chi connectivity index (χ0n) is 12.7. The van der Waals surface area contributed by atoms with Gasteiger partial charge < -0.3 is 5.32 Å². The lowest BCUT2D eigenvalue weighted by Crippen LogP contribution is -2.70. The molecule has 3 heteroatoms. The number of halogens is 1. The van der Waals surface area contributed by atoms with Crippen LogP contribution in [0.3, 0.4) is 0 Å². The molecule has 0 aromatic rings. The summed E-state index contributed by atoms with van der Waals surface area (Å²) < 4.78 is 0. The van der Waals surface area contributed by atoms with Crippen LogP contribution in [0.25, 0.3) is 0 Å². The zero-order valence-corrected chi connectivity index (χ0v) is 13.4. The maximum atomic E-state index is 5.80. The minimum absolute atomic E-state index is 0.404. The summed E-state index contributed by atoms with van der Waals surface area (Å²) in [6.07, 6.45) is 16.1. The van der Waals surface area contributed by atoms with E-state index in [1.807, 2.05) is 0 Å². The summed E-state index contributed by atoms with van der Waals surface area (Å²) in [7, 11) is 0. The Morgan fingerprint density at radius 3 is 2.25 bits per heavy atom. The highest BCUT2D eigenvalue weighted by molar-refractivity contribution is 6.25. The van der Waals surface area contributed by atoms with Crippen LogP contribution in [-0.4, -0.2) is 35.6 Å². The van der Waals surface area contributed by atoms with E-state index in [-0.39, 0.29) is 0 Å². The minimum Gasteiger partial charge on any atom is -0.308 e. The first-order valence-corrected chi connectivity index (χ1v) is 8.98. The lowest BCUT2D eigenvalue weighted by molar-refractivity contribution is -0.0220. The third-order valence-electron chi connectivity index (χ3n) is 5.97. The lowest BCUT2D eigenvalue weighted by atomic mass is 9.73. The average molecular weight is 297 g/mol. The number of hydrogen-bond donors (Lipinski definition) is 1. The number of nitrogens with zero attached hydrogens (tertiary/aromatic N) is 1. The van der Waals surface area contributed by atoms with E-state index in [4.69, 9.17) is 11.6 Å². The number of hydrogen-bond acceptors (Lipinski definition) is 2. The van der Waals surface area contributed by atoms with E-state index in [9.17, 15) is 0 Å². The van der Waals surface area contributed by atoms with Gasteiger partial charge in [0.1, 0.15) is 0 Å². The van der Waals surface area contributed by atoms with Crippen LogP contribution in [0.2, 0.25) is 0 Å². The van der Waals surface area contributed by atoms with Gasteiger partial charge in [-0.1, -0.05) is 56.2 Å². The van der Waals surface area contributed by atoms with E-state index in [2.05, 4.69) is 16.3 Å². The molecule has 3 rings (SSSR count). The van der Waals surface area contributed by atoms with Crippen LogP contribution in [0.4, 0.5) is 0 Å². The zero-order chi connectivity index (χ0) is 13.9. The molecule has 0 radical (unpaired) electrons. The number of nitrogens with one attached hydrogen (secondary N) is 1. The Morgan fingerprint density at radius 1 is 0.950 bits per heavy atom. The van der Waals surface area contributed by atoms with Crippen molar-refractivity contribution in [3.63, 3.8) is 0 Å². The lowest BCUT2D eigenvalue weighted by Gasteiger charge is -2.57. The SMILES string of the molecule is Cl/C=C/CN1CC2(CCCCC2)NCC12CCCCC2. The Bertz CT molecular complexity index is 341. The molecular formula is C17H29ClN2. The molecule has 20 heavy (non-hydrogen) atoms. The number of piperazine rings is 1. The number of rotatable bonds is 2. The van der Waals surface area contributed by atoms with Gasteiger partial charge in [0, 0.05) is 36.2 Å². The summed E-state index contributed by atoms with van der Waals surface area (Å²) in [6.45, 7) is 3.46. The molecule has 1 aliphatic heterocycles. The van der Waals surface area contributed by atoms with Gasteiger partial charge in [0.25, 0.3) is 0 Å². The maximum Gasteiger partial charge on any atom is 0.0338 e. The molecule has 1 saturated heterocycles. The molecule has 0 atom stereocenters. The molecule has 2 spiro atoms. The van der Waals surface area contributed by atoms with Crippen LogP contribution >= 0.6 is 11.6 Å². The van der Waals surface area contributed by atoms with Gasteiger partial charge in [-0.3, -0.25) is 4.90 Å². The van der Waals surface area contributed by atoms with Crippen molar-refractivity contribution in [1.82, 2.24) is 10.2 Å². The smallest absolute Gasteiger partial charge is 0.0338 e. The Balaban J connectivity index is 1.75.